The van der Waals surface area contributed by atoms with Gasteiger partial charge in [0.2, 0.25) is 11.8 Å². The van der Waals surface area contributed by atoms with Gasteiger partial charge in [0, 0.05) is 37.9 Å². The fraction of sp³-hybridized carbons (Fsp3) is 0.867. The highest BCUT2D eigenvalue weighted by molar-refractivity contribution is 7.99. The zero-order valence-corrected chi connectivity index (χ0v) is 14.0. The minimum atomic E-state index is -0.0658. The Hall–Kier alpha value is -0.750. The number of nitrogens with zero attached hydrogens (tertiary/aromatic N) is 1. The van der Waals surface area contributed by atoms with Crippen molar-refractivity contribution >= 4 is 23.6 Å². The maximum absolute atomic E-state index is 12.1. The standard InChI is InChI=1S/C15H28N2O3S/c1-12(2)15(20)17-7-3-5-13(11-17)14(19)16-6-10-21-9-4-8-18/h12-13,18H,3-11H2,1-2H3,(H,16,19). The molecular formula is C15H28N2O3S. The van der Waals surface area contributed by atoms with E-state index < -0.39 is 0 Å². The molecule has 1 aliphatic rings. The van der Waals surface area contributed by atoms with E-state index in [1.165, 1.54) is 0 Å². The molecule has 1 heterocycles. The van der Waals surface area contributed by atoms with Crippen molar-refractivity contribution in [2.45, 2.75) is 33.1 Å². The van der Waals surface area contributed by atoms with Crippen LogP contribution in [0.2, 0.25) is 0 Å². The molecule has 1 rings (SSSR count). The smallest absolute Gasteiger partial charge is 0.225 e. The second-order valence-corrected chi connectivity index (χ2v) is 6.98. The first-order valence-corrected chi connectivity index (χ1v) is 8.96. The van der Waals surface area contributed by atoms with E-state index >= 15 is 0 Å². The Balaban J connectivity index is 2.25. The summed E-state index contributed by atoms with van der Waals surface area (Å²) in [5, 5.41) is 11.6. The van der Waals surface area contributed by atoms with Gasteiger partial charge >= 0.3 is 0 Å². The van der Waals surface area contributed by atoms with Crippen molar-refractivity contribution < 1.29 is 14.7 Å². The number of piperidine rings is 1. The SMILES string of the molecule is CC(C)C(=O)N1CCCC(C(=O)NCCSCCCO)C1. The quantitative estimate of drug-likeness (QED) is 0.658. The van der Waals surface area contributed by atoms with Gasteiger partial charge in [-0.05, 0) is 25.0 Å². The minimum absolute atomic E-state index is 0.00487. The molecule has 1 unspecified atom stereocenters. The highest BCUT2D eigenvalue weighted by Gasteiger charge is 2.28. The van der Waals surface area contributed by atoms with Crippen molar-refractivity contribution in [1.29, 1.82) is 0 Å². The summed E-state index contributed by atoms with van der Waals surface area (Å²) in [4.78, 5) is 26.0. The summed E-state index contributed by atoms with van der Waals surface area (Å²) in [6.45, 7) is 6.01. The molecule has 0 aromatic heterocycles. The molecule has 0 aromatic carbocycles. The van der Waals surface area contributed by atoms with E-state index in [9.17, 15) is 9.59 Å². The van der Waals surface area contributed by atoms with Crippen LogP contribution < -0.4 is 5.32 Å². The Morgan fingerprint density at radius 2 is 2.14 bits per heavy atom. The Morgan fingerprint density at radius 3 is 2.81 bits per heavy atom. The zero-order chi connectivity index (χ0) is 15.7. The first-order chi connectivity index (χ1) is 10.1. The van der Waals surface area contributed by atoms with Gasteiger partial charge in [0.15, 0.2) is 0 Å². The molecule has 0 saturated carbocycles. The molecule has 2 amide bonds. The van der Waals surface area contributed by atoms with Gasteiger partial charge in [-0.2, -0.15) is 11.8 Å². The molecule has 1 aliphatic heterocycles. The van der Waals surface area contributed by atoms with Crippen molar-refractivity contribution in [3.05, 3.63) is 0 Å². The fourth-order valence-electron chi connectivity index (χ4n) is 2.42. The predicted octanol–water partition coefficient (Wildman–Crippen LogP) is 1.11. The number of thioether (sulfide) groups is 1. The number of nitrogens with one attached hydrogen (secondary N) is 1. The molecule has 1 atom stereocenters. The van der Waals surface area contributed by atoms with Crippen LogP contribution in [0.1, 0.15) is 33.1 Å². The number of carbonyl (C=O) groups excluding carboxylic acids is 2. The highest BCUT2D eigenvalue weighted by Crippen LogP contribution is 2.18. The third-order valence-electron chi connectivity index (χ3n) is 3.59. The van der Waals surface area contributed by atoms with Crippen LogP contribution in [0.15, 0.2) is 0 Å². The summed E-state index contributed by atoms with van der Waals surface area (Å²) in [7, 11) is 0. The van der Waals surface area contributed by atoms with Crippen LogP contribution in [0.3, 0.4) is 0 Å². The molecule has 0 aliphatic carbocycles. The van der Waals surface area contributed by atoms with E-state index in [-0.39, 0.29) is 30.3 Å². The van der Waals surface area contributed by atoms with E-state index in [0.29, 0.717) is 13.1 Å². The lowest BCUT2D eigenvalue weighted by Gasteiger charge is -2.33. The molecule has 21 heavy (non-hydrogen) atoms. The number of rotatable bonds is 8. The number of amides is 2. The average Bonchev–Trinajstić information content (AvgIpc) is 2.49. The van der Waals surface area contributed by atoms with Crippen molar-refractivity contribution in [3.63, 3.8) is 0 Å². The summed E-state index contributed by atoms with van der Waals surface area (Å²) in [6, 6.07) is 0. The summed E-state index contributed by atoms with van der Waals surface area (Å²) in [5.41, 5.74) is 0. The lowest BCUT2D eigenvalue weighted by atomic mass is 9.96. The Labute approximate surface area is 131 Å². The molecular weight excluding hydrogens is 288 g/mol. The van der Waals surface area contributed by atoms with E-state index in [1.807, 2.05) is 18.7 Å². The monoisotopic (exact) mass is 316 g/mol. The maximum Gasteiger partial charge on any atom is 0.225 e. The van der Waals surface area contributed by atoms with Crippen LogP contribution in [0.4, 0.5) is 0 Å². The third-order valence-corrected chi connectivity index (χ3v) is 4.66. The Kier molecular flexibility index (Phi) is 8.76. The van der Waals surface area contributed by atoms with E-state index in [4.69, 9.17) is 5.11 Å². The van der Waals surface area contributed by atoms with E-state index in [0.717, 1.165) is 37.3 Å². The number of hydrogen-bond acceptors (Lipinski definition) is 4. The topological polar surface area (TPSA) is 69.6 Å². The second-order valence-electron chi connectivity index (χ2n) is 5.76. The molecule has 1 fully saturated rings. The molecule has 6 heteroatoms. The molecule has 0 radical (unpaired) electrons. The van der Waals surface area contributed by atoms with Gasteiger partial charge in [0.1, 0.15) is 0 Å². The van der Waals surface area contributed by atoms with E-state index in [1.54, 1.807) is 11.8 Å². The van der Waals surface area contributed by atoms with Crippen LogP contribution in [-0.4, -0.2) is 59.6 Å². The minimum Gasteiger partial charge on any atom is -0.396 e. The van der Waals surface area contributed by atoms with Crippen LogP contribution in [0.25, 0.3) is 0 Å². The average molecular weight is 316 g/mol. The van der Waals surface area contributed by atoms with Gasteiger partial charge in [-0.1, -0.05) is 13.8 Å². The third kappa shape index (κ3) is 6.70. The van der Waals surface area contributed by atoms with Gasteiger partial charge in [-0.3, -0.25) is 9.59 Å². The highest BCUT2D eigenvalue weighted by atomic mass is 32.2. The Bertz CT molecular complexity index is 337. The second kappa shape index (κ2) is 10.1. The lowest BCUT2D eigenvalue weighted by Crippen LogP contribution is -2.46. The predicted molar refractivity (Wildman–Crippen MR) is 86.2 cm³/mol. The Morgan fingerprint density at radius 1 is 1.38 bits per heavy atom. The van der Waals surface area contributed by atoms with E-state index in [2.05, 4.69) is 5.32 Å². The number of hydrogen-bond donors (Lipinski definition) is 2. The van der Waals surface area contributed by atoms with Crippen molar-refractivity contribution in [2.24, 2.45) is 11.8 Å². The molecule has 2 N–H and O–H groups in total. The molecule has 0 aromatic rings. The van der Waals surface area contributed by atoms with Crippen LogP contribution in [0, 0.1) is 11.8 Å². The van der Waals surface area contributed by atoms with Gasteiger partial charge in [-0.15, -0.1) is 0 Å². The molecule has 0 spiro atoms. The van der Waals surface area contributed by atoms with Gasteiger partial charge in [-0.25, -0.2) is 0 Å². The summed E-state index contributed by atoms with van der Waals surface area (Å²) >= 11 is 1.74. The number of aliphatic hydroxyl groups is 1. The van der Waals surface area contributed by atoms with Crippen LogP contribution >= 0.6 is 11.8 Å². The van der Waals surface area contributed by atoms with Gasteiger partial charge in [0.05, 0.1) is 5.92 Å². The number of carbonyl (C=O) groups is 2. The summed E-state index contributed by atoms with van der Waals surface area (Å²) < 4.78 is 0. The van der Waals surface area contributed by atoms with Crippen molar-refractivity contribution in [3.8, 4) is 0 Å². The van der Waals surface area contributed by atoms with Crippen LogP contribution in [0.5, 0.6) is 0 Å². The van der Waals surface area contributed by atoms with Crippen LogP contribution in [-0.2, 0) is 9.59 Å². The molecule has 122 valence electrons. The van der Waals surface area contributed by atoms with Gasteiger partial charge < -0.3 is 15.3 Å². The molecule has 1 saturated heterocycles. The fourth-order valence-corrected chi connectivity index (χ4v) is 3.20. The molecule has 0 bridgehead atoms. The first kappa shape index (κ1) is 18.3. The largest absolute Gasteiger partial charge is 0.396 e. The number of likely N-dealkylation sites (tertiary alicyclic amines) is 1. The number of aliphatic hydroxyl groups excluding tert-OH is 1. The first-order valence-electron chi connectivity index (χ1n) is 7.81. The summed E-state index contributed by atoms with van der Waals surface area (Å²) in [5.74, 6) is 1.93. The zero-order valence-electron chi connectivity index (χ0n) is 13.1. The van der Waals surface area contributed by atoms with Crippen molar-refractivity contribution in [2.75, 3.05) is 37.7 Å². The van der Waals surface area contributed by atoms with Crippen molar-refractivity contribution in [1.82, 2.24) is 10.2 Å². The molecule has 5 nitrogen and oxygen atoms in total. The normalized spacial score (nSPS) is 18.9. The summed E-state index contributed by atoms with van der Waals surface area (Å²) in [6.07, 6.45) is 2.57. The lowest BCUT2D eigenvalue weighted by molar-refractivity contribution is -0.138. The maximum atomic E-state index is 12.1. The van der Waals surface area contributed by atoms with Gasteiger partial charge in [0.25, 0.3) is 0 Å².